The van der Waals surface area contributed by atoms with Gasteiger partial charge in [0.25, 0.3) is 5.92 Å². The number of hydrogen-bond acceptors (Lipinski definition) is 4. The van der Waals surface area contributed by atoms with Gasteiger partial charge in [0.15, 0.2) is 0 Å². The fourth-order valence-electron chi connectivity index (χ4n) is 5.52. The molecule has 2 aromatic rings. The van der Waals surface area contributed by atoms with Crippen LogP contribution < -0.4 is 5.32 Å². The average Bonchev–Trinajstić information content (AvgIpc) is 3.31. The van der Waals surface area contributed by atoms with Crippen LogP contribution in [0.2, 0.25) is 0 Å². The van der Waals surface area contributed by atoms with Crippen LogP contribution in [0.5, 0.6) is 0 Å². The molecular formula is C26H26F2N2O5. The van der Waals surface area contributed by atoms with Crippen molar-refractivity contribution in [2.75, 3.05) is 19.7 Å². The Bertz CT molecular complexity index is 1130. The predicted octanol–water partition coefficient (Wildman–Crippen LogP) is 4.02. The van der Waals surface area contributed by atoms with Crippen LogP contribution in [0.25, 0.3) is 11.1 Å². The Balaban J connectivity index is 1.23. The van der Waals surface area contributed by atoms with Crippen LogP contribution in [-0.2, 0) is 14.3 Å². The van der Waals surface area contributed by atoms with Gasteiger partial charge in [0.2, 0.25) is 5.91 Å². The van der Waals surface area contributed by atoms with Gasteiger partial charge in [-0.25, -0.2) is 18.4 Å². The molecule has 2 fully saturated rings. The first-order chi connectivity index (χ1) is 16.7. The second-order valence-electron chi connectivity index (χ2n) is 9.66. The van der Waals surface area contributed by atoms with Gasteiger partial charge in [0.05, 0.1) is 12.0 Å². The van der Waals surface area contributed by atoms with Crippen LogP contribution in [0.3, 0.4) is 0 Å². The average molecular weight is 484 g/mol. The molecule has 35 heavy (non-hydrogen) atoms. The Labute approximate surface area is 201 Å². The molecule has 3 aliphatic rings. The number of carbonyl (C=O) groups excluding carboxylic acids is 2. The lowest BCUT2D eigenvalue weighted by Gasteiger charge is -2.43. The number of alkyl halides is 2. The van der Waals surface area contributed by atoms with Crippen molar-refractivity contribution >= 4 is 18.0 Å². The molecule has 1 saturated carbocycles. The molecule has 2 aliphatic carbocycles. The summed E-state index contributed by atoms with van der Waals surface area (Å²) in [5.41, 5.74) is 3.27. The number of likely N-dealkylation sites (tertiary alicyclic amines) is 1. The number of fused-ring (bicyclic) bond motifs is 3. The third-order valence-corrected chi connectivity index (χ3v) is 7.49. The van der Waals surface area contributed by atoms with Gasteiger partial charge in [0, 0.05) is 18.9 Å². The fourth-order valence-corrected chi connectivity index (χ4v) is 5.52. The number of benzene rings is 2. The van der Waals surface area contributed by atoms with Gasteiger partial charge in [0.1, 0.15) is 12.6 Å². The van der Waals surface area contributed by atoms with Gasteiger partial charge >= 0.3 is 12.1 Å². The molecule has 9 heteroatoms. The van der Waals surface area contributed by atoms with E-state index in [1.54, 1.807) is 0 Å². The number of hydrogen-bond donors (Lipinski definition) is 2. The highest BCUT2D eigenvalue weighted by molar-refractivity contribution is 5.89. The highest BCUT2D eigenvalue weighted by Crippen LogP contribution is 2.46. The first kappa shape index (κ1) is 23.3. The maximum atomic E-state index is 13.9. The van der Waals surface area contributed by atoms with Gasteiger partial charge in [-0.3, -0.25) is 4.79 Å². The molecule has 184 valence electrons. The molecule has 0 aromatic heterocycles. The molecule has 1 saturated heterocycles. The predicted molar refractivity (Wildman–Crippen MR) is 122 cm³/mol. The summed E-state index contributed by atoms with van der Waals surface area (Å²) in [6.07, 6.45) is -0.120. The van der Waals surface area contributed by atoms with E-state index < -0.39 is 48.3 Å². The standard InChI is InChI=1S/C26H26F2N2O5/c27-26(28)12-21(22(31)32)30(15-26)23(33)25(10-5-11-25)14-29-24(34)35-13-20-18-8-3-1-6-16(18)17-7-2-4-9-19(17)20/h1-4,6-9,20-21H,5,10-15H2,(H,29,34)(H,31,32). The van der Waals surface area contributed by atoms with Crippen molar-refractivity contribution in [3.63, 3.8) is 0 Å². The van der Waals surface area contributed by atoms with Crippen LogP contribution in [0.1, 0.15) is 42.7 Å². The molecule has 0 spiro atoms. The molecule has 1 heterocycles. The van der Waals surface area contributed by atoms with Crippen LogP contribution >= 0.6 is 0 Å². The molecule has 7 nitrogen and oxygen atoms in total. The van der Waals surface area contributed by atoms with Gasteiger partial charge in [-0.1, -0.05) is 55.0 Å². The first-order valence-electron chi connectivity index (χ1n) is 11.7. The summed E-state index contributed by atoms with van der Waals surface area (Å²) < 4.78 is 33.3. The maximum Gasteiger partial charge on any atom is 0.407 e. The van der Waals surface area contributed by atoms with Crippen LogP contribution in [-0.4, -0.2) is 59.6 Å². The summed E-state index contributed by atoms with van der Waals surface area (Å²) in [5.74, 6) is -5.46. The minimum absolute atomic E-state index is 0.0864. The highest BCUT2D eigenvalue weighted by Gasteiger charge is 2.56. The number of amides is 2. The lowest BCUT2D eigenvalue weighted by atomic mass is 9.67. The lowest BCUT2D eigenvalue weighted by Crippen LogP contribution is -2.56. The number of aliphatic carboxylic acids is 1. The van der Waals surface area contributed by atoms with Crippen molar-refractivity contribution in [2.24, 2.45) is 5.41 Å². The Morgan fingerprint density at radius 1 is 1.03 bits per heavy atom. The number of halogens is 2. The third kappa shape index (κ3) is 4.13. The van der Waals surface area contributed by atoms with Gasteiger partial charge < -0.3 is 20.1 Å². The smallest absolute Gasteiger partial charge is 0.407 e. The number of ether oxygens (including phenoxy) is 1. The van der Waals surface area contributed by atoms with E-state index in [1.807, 2.05) is 48.5 Å². The topological polar surface area (TPSA) is 95.9 Å². The van der Waals surface area contributed by atoms with E-state index in [4.69, 9.17) is 4.74 Å². The van der Waals surface area contributed by atoms with Crippen LogP contribution in [0.15, 0.2) is 48.5 Å². The summed E-state index contributed by atoms with van der Waals surface area (Å²) in [4.78, 5) is 37.9. The summed E-state index contributed by atoms with van der Waals surface area (Å²) in [7, 11) is 0. The molecule has 2 aromatic carbocycles. The van der Waals surface area contributed by atoms with Crippen LogP contribution in [0.4, 0.5) is 13.6 Å². The summed E-state index contributed by atoms with van der Waals surface area (Å²) in [6, 6.07) is 14.3. The number of nitrogens with one attached hydrogen (secondary N) is 1. The molecule has 1 unspecified atom stereocenters. The normalized spacial score (nSPS) is 21.5. The number of alkyl carbamates (subject to hydrolysis) is 1. The molecule has 0 bridgehead atoms. The van der Waals surface area contributed by atoms with E-state index in [2.05, 4.69) is 5.32 Å². The SMILES string of the molecule is O=C(NCC1(C(=O)N2CC(F)(F)CC2C(=O)O)CCC1)OCC1c2ccccc2-c2ccccc21. The molecule has 1 aliphatic heterocycles. The molecule has 5 rings (SSSR count). The quantitative estimate of drug-likeness (QED) is 0.646. The van der Waals surface area contributed by atoms with Crippen molar-refractivity contribution in [2.45, 2.75) is 43.6 Å². The van der Waals surface area contributed by atoms with Crippen molar-refractivity contribution in [1.82, 2.24) is 10.2 Å². The van der Waals surface area contributed by atoms with Crippen molar-refractivity contribution in [1.29, 1.82) is 0 Å². The summed E-state index contributed by atoms with van der Waals surface area (Å²) >= 11 is 0. The molecule has 2 N–H and O–H groups in total. The number of rotatable bonds is 6. The zero-order chi connectivity index (χ0) is 24.8. The molecule has 2 amide bonds. The Morgan fingerprint density at radius 3 is 2.17 bits per heavy atom. The van der Waals surface area contributed by atoms with Crippen molar-refractivity contribution < 1.29 is 33.0 Å². The third-order valence-electron chi connectivity index (χ3n) is 7.49. The lowest BCUT2D eigenvalue weighted by molar-refractivity contribution is -0.156. The van der Waals surface area contributed by atoms with Gasteiger partial charge in [-0.15, -0.1) is 0 Å². The van der Waals surface area contributed by atoms with E-state index >= 15 is 0 Å². The molecule has 0 radical (unpaired) electrons. The summed E-state index contributed by atoms with van der Waals surface area (Å²) in [6.45, 7) is -0.896. The second kappa shape index (κ2) is 8.62. The number of nitrogens with zero attached hydrogens (tertiary/aromatic N) is 1. The molecule has 1 atom stereocenters. The fraction of sp³-hybridized carbons (Fsp3) is 0.423. The van der Waals surface area contributed by atoms with E-state index in [9.17, 15) is 28.3 Å². The minimum Gasteiger partial charge on any atom is -0.480 e. The Hall–Kier alpha value is -3.49. The van der Waals surface area contributed by atoms with Crippen molar-refractivity contribution in [3.05, 3.63) is 59.7 Å². The zero-order valence-corrected chi connectivity index (χ0v) is 19.0. The Morgan fingerprint density at radius 2 is 1.63 bits per heavy atom. The van der Waals surface area contributed by atoms with Crippen molar-refractivity contribution in [3.8, 4) is 11.1 Å². The number of carboxylic acid groups (broad SMARTS) is 1. The Kier molecular flexibility index (Phi) is 5.73. The largest absolute Gasteiger partial charge is 0.480 e. The monoisotopic (exact) mass is 484 g/mol. The van der Waals surface area contributed by atoms with E-state index in [0.29, 0.717) is 19.3 Å². The number of carbonyl (C=O) groups is 3. The van der Waals surface area contributed by atoms with E-state index in [1.165, 1.54) is 0 Å². The minimum atomic E-state index is -3.25. The van der Waals surface area contributed by atoms with Gasteiger partial charge in [-0.05, 0) is 35.1 Å². The van der Waals surface area contributed by atoms with E-state index in [-0.39, 0.29) is 19.1 Å². The highest BCUT2D eigenvalue weighted by atomic mass is 19.3. The van der Waals surface area contributed by atoms with Gasteiger partial charge in [-0.2, -0.15) is 0 Å². The maximum absolute atomic E-state index is 13.9. The summed E-state index contributed by atoms with van der Waals surface area (Å²) in [5, 5.41) is 12.0. The van der Waals surface area contributed by atoms with E-state index in [0.717, 1.165) is 27.2 Å². The van der Waals surface area contributed by atoms with Crippen LogP contribution in [0, 0.1) is 5.41 Å². The molecular weight excluding hydrogens is 458 g/mol. The zero-order valence-electron chi connectivity index (χ0n) is 19.0. The number of carboxylic acids is 1. The second-order valence-corrected chi connectivity index (χ2v) is 9.66. The first-order valence-corrected chi connectivity index (χ1v) is 11.7.